The lowest BCUT2D eigenvalue weighted by atomic mass is 9.73. The van der Waals surface area contributed by atoms with Crippen LogP contribution in [0.3, 0.4) is 0 Å². The molecule has 1 saturated heterocycles. The second-order valence-electron chi connectivity index (χ2n) is 10.9. The highest BCUT2D eigenvalue weighted by Crippen LogP contribution is 2.41. The lowest BCUT2D eigenvalue weighted by Crippen LogP contribution is -2.48. The summed E-state index contributed by atoms with van der Waals surface area (Å²) in [5.74, 6) is -2.82. The number of ether oxygens (including phenoxy) is 1. The van der Waals surface area contributed by atoms with Crippen LogP contribution in [-0.2, 0) is 19.1 Å². The van der Waals surface area contributed by atoms with Crippen LogP contribution in [0.15, 0.2) is 23.1 Å². The Morgan fingerprint density at radius 1 is 1.19 bits per heavy atom. The fourth-order valence-electron chi connectivity index (χ4n) is 4.65. The normalized spacial score (nSPS) is 37.2. The Kier molecular flexibility index (Phi) is 8.40. The van der Waals surface area contributed by atoms with Crippen LogP contribution >= 0.6 is 11.3 Å². The molecule has 3 rings (SSSR count). The SMILES string of the molecule is CC(=Cc1csc(C)n1)C1CC2OC2(C)/C=C\C(=O)C(C)C(O)C(C)C(=O)C(C)(C)C(O)CC(=O)N1. The van der Waals surface area contributed by atoms with E-state index in [1.807, 2.05) is 32.2 Å². The number of carbonyl (C=O) groups is 3. The molecule has 0 spiro atoms. The first-order valence-corrected chi connectivity index (χ1v) is 13.2. The van der Waals surface area contributed by atoms with Gasteiger partial charge in [0.05, 0.1) is 46.9 Å². The number of thiazole rings is 1. The lowest BCUT2D eigenvalue weighted by Gasteiger charge is -2.34. The molecule has 3 heterocycles. The molecule has 36 heavy (non-hydrogen) atoms. The van der Waals surface area contributed by atoms with Crippen LogP contribution in [0.4, 0.5) is 0 Å². The van der Waals surface area contributed by atoms with E-state index >= 15 is 0 Å². The Bertz CT molecular complexity index is 1080. The van der Waals surface area contributed by atoms with Gasteiger partial charge in [0.25, 0.3) is 0 Å². The molecule has 0 bridgehead atoms. The van der Waals surface area contributed by atoms with Crippen LogP contribution in [0.25, 0.3) is 6.08 Å². The molecule has 0 saturated carbocycles. The smallest absolute Gasteiger partial charge is 0.223 e. The molecule has 7 atom stereocenters. The van der Waals surface area contributed by atoms with Crippen LogP contribution in [0.5, 0.6) is 0 Å². The molecule has 0 aliphatic carbocycles. The quantitative estimate of drug-likeness (QED) is 0.513. The molecule has 7 unspecified atom stereocenters. The highest BCUT2D eigenvalue weighted by molar-refractivity contribution is 7.09. The molecule has 1 fully saturated rings. The molecule has 2 aliphatic rings. The van der Waals surface area contributed by atoms with E-state index in [-0.39, 0.29) is 18.3 Å². The van der Waals surface area contributed by atoms with Crippen LogP contribution in [-0.4, -0.2) is 62.6 Å². The Hall–Kier alpha value is -2.20. The number of allylic oxidation sites excluding steroid dienone is 1. The summed E-state index contributed by atoms with van der Waals surface area (Å²) in [5.41, 5.74) is -0.303. The van der Waals surface area contributed by atoms with Crippen molar-refractivity contribution in [2.45, 2.75) is 91.3 Å². The van der Waals surface area contributed by atoms with Gasteiger partial charge in [0.1, 0.15) is 11.4 Å². The fourth-order valence-corrected chi connectivity index (χ4v) is 5.22. The lowest BCUT2D eigenvalue weighted by molar-refractivity contribution is -0.143. The minimum Gasteiger partial charge on any atom is -0.392 e. The number of aryl methyl sites for hydroxylation is 1. The van der Waals surface area contributed by atoms with Crippen molar-refractivity contribution in [3.8, 4) is 0 Å². The Morgan fingerprint density at radius 2 is 1.86 bits per heavy atom. The molecule has 2 aliphatic heterocycles. The highest BCUT2D eigenvalue weighted by atomic mass is 32.1. The van der Waals surface area contributed by atoms with Gasteiger partial charge < -0.3 is 20.3 Å². The van der Waals surface area contributed by atoms with E-state index in [1.54, 1.807) is 33.8 Å². The molecule has 3 N–H and O–H groups in total. The Labute approximate surface area is 216 Å². The van der Waals surface area contributed by atoms with Gasteiger partial charge in [0, 0.05) is 23.6 Å². The monoisotopic (exact) mass is 518 g/mol. The third-order valence-electron chi connectivity index (χ3n) is 7.64. The van der Waals surface area contributed by atoms with Crippen LogP contribution in [0.1, 0.15) is 65.1 Å². The largest absolute Gasteiger partial charge is 0.392 e. The maximum absolute atomic E-state index is 13.2. The fraction of sp³-hybridized carbons (Fsp3) is 0.630. The van der Waals surface area contributed by atoms with Crippen molar-refractivity contribution in [1.29, 1.82) is 0 Å². The van der Waals surface area contributed by atoms with E-state index < -0.39 is 52.8 Å². The van der Waals surface area contributed by atoms with Gasteiger partial charge in [0.2, 0.25) is 5.91 Å². The zero-order valence-electron chi connectivity index (χ0n) is 22.1. The van der Waals surface area contributed by atoms with E-state index in [2.05, 4.69) is 10.3 Å². The summed E-state index contributed by atoms with van der Waals surface area (Å²) in [6, 6.07) is -0.394. The first-order valence-electron chi connectivity index (χ1n) is 12.4. The van der Waals surface area contributed by atoms with Crippen molar-refractivity contribution >= 4 is 34.9 Å². The third-order valence-corrected chi connectivity index (χ3v) is 8.43. The molecular formula is C27H38N2O6S. The van der Waals surface area contributed by atoms with Crippen molar-refractivity contribution in [2.75, 3.05) is 0 Å². The van der Waals surface area contributed by atoms with Crippen LogP contribution < -0.4 is 5.32 Å². The first kappa shape index (κ1) is 28.4. The second kappa shape index (κ2) is 10.7. The maximum atomic E-state index is 13.2. The van der Waals surface area contributed by atoms with Crippen molar-refractivity contribution in [3.63, 3.8) is 0 Å². The predicted octanol–water partition coefficient (Wildman–Crippen LogP) is 3.01. The molecule has 8 nitrogen and oxygen atoms in total. The minimum absolute atomic E-state index is 0.234. The van der Waals surface area contributed by atoms with E-state index in [9.17, 15) is 24.6 Å². The third kappa shape index (κ3) is 6.19. The number of Topliss-reactive ketones (excluding diaryl/α,β-unsaturated/α-hetero) is 1. The number of amides is 1. The number of carbonyl (C=O) groups excluding carboxylic acids is 3. The van der Waals surface area contributed by atoms with Crippen molar-refractivity contribution in [3.05, 3.63) is 33.8 Å². The van der Waals surface area contributed by atoms with Gasteiger partial charge in [-0.3, -0.25) is 14.4 Å². The van der Waals surface area contributed by atoms with Gasteiger partial charge in [-0.1, -0.05) is 27.7 Å². The number of rotatable bonds is 2. The van der Waals surface area contributed by atoms with E-state index in [0.29, 0.717) is 6.42 Å². The molecular weight excluding hydrogens is 480 g/mol. The number of aliphatic hydroxyl groups is 2. The van der Waals surface area contributed by atoms with Crippen molar-refractivity contribution < 1.29 is 29.3 Å². The number of hydrogen-bond acceptors (Lipinski definition) is 8. The number of aliphatic hydroxyl groups excluding tert-OH is 2. The van der Waals surface area contributed by atoms with E-state index in [0.717, 1.165) is 16.3 Å². The van der Waals surface area contributed by atoms with Gasteiger partial charge in [-0.15, -0.1) is 11.3 Å². The molecule has 1 aromatic rings. The zero-order chi connectivity index (χ0) is 27.0. The molecule has 9 heteroatoms. The maximum Gasteiger partial charge on any atom is 0.223 e. The number of nitrogens with zero attached hydrogens (tertiary/aromatic N) is 1. The standard InChI is InChI=1S/C27H38N2O6S/c1-14(10-18-13-36-17(4)28-18)19-11-22-27(7,35-22)9-8-20(30)15(2)24(33)16(3)25(34)26(5,6)21(31)12-23(32)29-19/h8-10,13,15-16,19,21-22,24,31,33H,11-12H2,1-7H3,(H,29,32)/b9-8-,14-10?. The van der Waals surface area contributed by atoms with Crippen LogP contribution in [0, 0.1) is 24.2 Å². The van der Waals surface area contributed by atoms with Gasteiger partial charge in [-0.05, 0) is 44.6 Å². The highest BCUT2D eigenvalue weighted by Gasteiger charge is 2.51. The van der Waals surface area contributed by atoms with E-state index in [1.165, 1.54) is 17.4 Å². The van der Waals surface area contributed by atoms with Crippen molar-refractivity contribution in [2.24, 2.45) is 17.3 Å². The number of fused-ring (bicyclic) bond motifs is 1. The van der Waals surface area contributed by atoms with Gasteiger partial charge in [0.15, 0.2) is 5.78 Å². The summed E-state index contributed by atoms with van der Waals surface area (Å²) in [6.07, 6.45) is 2.47. The number of epoxide rings is 1. The average molecular weight is 519 g/mol. The second-order valence-corrected chi connectivity index (χ2v) is 12.0. The Morgan fingerprint density at radius 3 is 2.47 bits per heavy atom. The average Bonchev–Trinajstić information content (AvgIpc) is 3.26. The Balaban J connectivity index is 1.94. The zero-order valence-corrected chi connectivity index (χ0v) is 22.9. The number of aromatic nitrogens is 1. The molecule has 1 amide bonds. The number of ketones is 2. The summed E-state index contributed by atoms with van der Waals surface area (Å²) in [5, 5.41) is 27.5. The number of nitrogens with one attached hydrogen (secondary N) is 1. The number of hydrogen-bond donors (Lipinski definition) is 3. The van der Waals surface area contributed by atoms with Gasteiger partial charge in [-0.2, -0.15) is 0 Å². The first-order chi connectivity index (χ1) is 16.7. The molecule has 0 aromatic carbocycles. The molecule has 198 valence electrons. The predicted molar refractivity (Wildman–Crippen MR) is 138 cm³/mol. The van der Waals surface area contributed by atoms with Crippen molar-refractivity contribution in [1.82, 2.24) is 10.3 Å². The van der Waals surface area contributed by atoms with E-state index in [4.69, 9.17) is 4.74 Å². The summed E-state index contributed by atoms with van der Waals surface area (Å²) in [7, 11) is 0. The summed E-state index contributed by atoms with van der Waals surface area (Å²) in [6.45, 7) is 11.9. The summed E-state index contributed by atoms with van der Waals surface area (Å²) < 4.78 is 5.91. The summed E-state index contributed by atoms with van der Waals surface area (Å²) in [4.78, 5) is 43.5. The summed E-state index contributed by atoms with van der Waals surface area (Å²) >= 11 is 1.54. The van der Waals surface area contributed by atoms with Gasteiger partial charge >= 0.3 is 0 Å². The topological polar surface area (TPSA) is 129 Å². The minimum atomic E-state index is -1.30. The van der Waals surface area contributed by atoms with Gasteiger partial charge in [-0.25, -0.2) is 4.98 Å². The molecule has 1 aromatic heterocycles. The molecule has 0 radical (unpaired) electrons. The van der Waals surface area contributed by atoms with Crippen LogP contribution in [0.2, 0.25) is 0 Å².